The van der Waals surface area contributed by atoms with Crippen LogP contribution in [-0.2, 0) is 30.8 Å². The minimum Gasteiger partial charge on any atom is -0.507 e. The standard InChI is InChI=1S/C41H32Cl3F3N4O5/c1-18-4-9-25(15-30(18)43)50-36(53)27-11-10-26-28(32(27)38(50)55)16-29-37(54)51(49-35-31(44)14-23(17-48-35)41(45,46)47)39(56)40(29,22-5-7-24(42)8-6-22)33(26)21-12-19(2)34(52)20(3)13-21/h4-10,12-15,17,27-29,32-33,52H,11,16H2,1-3H3,(H,48,49). The molecule has 0 bridgehead atoms. The lowest BCUT2D eigenvalue weighted by Gasteiger charge is -2.50. The van der Waals surface area contributed by atoms with E-state index in [1.165, 1.54) is 0 Å². The smallest absolute Gasteiger partial charge is 0.417 e. The van der Waals surface area contributed by atoms with Crippen LogP contribution >= 0.6 is 34.8 Å². The Morgan fingerprint density at radius 1 is 0.839 bits per heavy atom. The zero-order valence-corrected chi connectivity index (χ0v) is 32.2. The Kier molecular flexibility index (Phi) is 9.06. The van der Waals surface area contributed by atoms with Gasteiger partial charge < -0.3 is 5.11 Å². The van der Waals surface area contributed by atoms with Crippen molar-refractivity contribution in [2.75, 3.05) is 10.3 Å². The van der Waals surface area contributed by atoms with Crippen molar-refractivity contribution >= 4 is 69.9 Å². The lowest BCUT2D eigenvalue weighted by molar-refractivity contribution is -0.139. The average molecular weight is 824 g/mol. The lowest BCUT2D eigenvalue weighted by atomic mass is 9.49. The average Bonchev–Trinajstić information content (AvgIpc) is 3.52. The van der Waals surface area contributed by atoms with Crippen LogP contribution < -0.4 is 10.3 Å². The van der Waals surface area contributed by atoms with Gasteiger partial charge in [0.25, 0.3) is 11.8 Å². The first-order valence-corrected chi connectivity index (χ1v) is 18.9. The Hall–Kier alpha value is -4.91. The highest BCUT2D eigenvalue weighted by molar-refractivity contribution is 6.33. The molecule has 1 saturated carbocycles. The number of carbonyl (C=O) groups excluding carboxylic acids is 4. The molecule has 3 heterocycles. The van der Waals surface area contributed by atoms with Gasteiger partial charge in [0.1, 0.15) is 5.75 Å². The third kappa shape index (κ3) is 5.62. The molecule has 6 atom stereocenters. The van der Waals surface area contributed by atoms with Gasteiger partial charge in [-0.05, 0) is 97.7 Å². The molecule has 0 radical (unpaired) electrons. The van der Waals surface area contributed by atoms with Crippen LogP contribution in [0.4, 0.5) is 24.7 Å². The number of aryl methyl sites for hydroxylation is 3. The van der Waals surface area contributed by atoms with Gasteiger partial charge in [0.05, 0.1) is 39.4 Å². The van der Waals surface area contributed by atoms with Gasteiger partial charge in [0.2, 0.25) is 11.8 Å². The molecular weight excluding hydrogens is 792 g/mol. The van der Waals surface area contributed by atoms with Gasteiger partial charge in [0.15, 0.2) is 5.82 Å². The number of nitrogens with zero attached hydrogens (tertiary/aromatic N) is 3. The number of hydrogen-bond acceptors (Lipinski definition) is 7. The number of fused-ring (bicyclic) bond motifs is 4. The number of aromatic nitrogens is 1. The largest absolute Gasteiger partial charge is 0.507 e. The number of allylic oxidation sites excluding steroid dienone is 2. The second-order valence-corrected chi connectivity index (χ2v) is 16.1. The van der Waals surface area contributed by atoms with E-state index in [1.807, 2.05) is 6.08 Å². The Labute approximate surface area is 334 Å². The predicted molar refractivity (Wildman–Crippen MR) is 203 cm³/mol. The number of rotatable bonds is 5. The molecule has 288 valence electrons. The second-order valence-electron chi connectivity index (χ2n) is 14.9. The molecule has 15 heteroatoms. The highest BCUT2D eigenvalue weighted by atomic mass is 35.5. The van der Waals surface area contributed by atoms with Gasteiger partial charge in [0, 0.05) is 22.2 Å². The third-order valence-electron chi connectivity index (χ3n) is 11.8. The summed E-state index contributed by atoms with van der Waals surface area (Å²) in [5.74, 6) is -7.14. The Bertz CT molecular complexity index is 2400. The summed E-state index contributed by atoms with van der Waals surface area (Å²) in [5, 5.41) is 11.9. The molecule has 1 aromatic heterocycles. The number of amides is 4. The summed E-state index contributed by atoms with van der Waals surface area (Å²) in [4.78, 5) is 63.9. The maximum Gasteiger partial charge on any atom is 0.417 e. The number of nitrogens with one attached hydrogen (secondary N) is 1. The van der Waals surface area contributed by atoms with Crippen molar-refractivity contribution < 1.29 is 37.5 Å². The maximum absolute atomic E-state index is 15.4. The van der Waals surface area contributed by atoms with E-state index < -0.39 is 75.4 Å². The van der Waals surface area contributed by atoms with Crippen molar-refractivity contribution in [3.05, 3.63) is 127 Å². The fourth-order valence-electron chi connectivity index (χ4n) is 9.29. The van der Waals surface area contributed by atoms with Crippen LogP contribution in [0, 0.1) is 44.4 Å². The Balaban J connectivity index is 1.32. The number of anilines is 2. The first kappa shape index (κ1) is 38.0. The molecule has 2 N–H and O–H groups in total. The molecule has 56 heavy (non-hydrogen) atoms. The Morgan fingerprint density at radius 2 is 1.52 bits per heavy atom. The van der Waals surface area contributed by atoms with Crippen molar-refractivity contribution in [1.82, 2.24) is 9.99 Å². The van der Waals surface area contributed by atoms with Crippen molar-refractivity contribution in [2.45, 2.75) is 51.1 Å². The van der Waals surface area contributed by atoms with Gasteiger partial charge in [-0.1, -0.05) is 76.8 Å². The SMILES string of the molecule is Cc1ccc(N2C(=O)C3CC=C4C(CC5C(=O)N(Nc6ncc(C(F)(F)F)cc6Cl)C(=O)C5(c5ccc(Cl)cc5)C4c4cc(C)c(O)c(C)c4)C3C2=O)cc1Cl. The van der Waals surface area contributed by atoms with Crippen molar-refractivity contribution in [1.29, 1.82) is 0 Å². The number of phenolic OH excluding ortho intramolecular Hbond substituents is 1. The van der Waals surface area contributed by atoms with Gasteiger partial charge in [-0.25, -0.2) is 9.88 Å². The number of imide groups is 2. The molecular formula is C41H32Cl3F3N4O5. The fourth-order valence-corrected chi connectivity index (χ4v) is 9.80. The summed E-state index contributed by atoms with van der Waals surface area (Å²) in [6, 6.07) is 15.6. The summed E-state index contributed by atoms with van der Waals surface area (Å²) in [6.07, 6.45) is -2.19. The molecule has 9 nitrogen and oxygen atoms in total. The van der Waals surface area contributed by atoms with Crippen LogP contribution in [0.3, 0.4) is 0 Å². The normalized spacial score (nSPS) is 25.9. The summed E-state index contributed by atoms with van der Waals surface area (Å²) in [7, 11) is 0. The van der Waals surface area contributed by atoms with Crippen molar-refractivity contribution in [2.24, 2.45) is 23.7 Å². The van der Waals surface area contributed by atoms with Crippen molar-refractivity contribution in [3.63, 3.8) is 0 Å². The van der Waals surface area contributed by atoms with E-state index in [9.17, 15) is 32.7 Å². The quantitative estimate of drug-likeness (QED) is 0.153. The minimum atomic E-state index is -4.75. The van der Waals surface area contributed by atoms with Gasteiger partial charge >= 0.3 is 6.18 Å². The molecule has 2 aliphatic carbocycles. The number of carbonyl (C=O) groups is 4. The van der Waals surface area contributed by atoms with Crippen LogP contribution in [0.1, 0.15) is 52.1 Å². The molecule has 2 saturated heterocycles. The monoisotopic (exact) mass is 822 g/mol. The van der Waals surface area contributed by atoms with Crippen LogP contribution in [0.25, 0.3) is 0 Å². The van der Waals surface area contributed by atoms with E-state index >= 15 is 4.79 Å². The van der Waals surface area contributed by atoms with Gasteiger partial charge in [-0.3, -0.25) is 24.6 Å². The number of hydrazine groups is 1. The zero-order chi connectivity index (χ0) is 40.2. The van der Waals surface area contributed by atoms with Crippen LogP contribution in [0.5, 0.6) is 5.75 Å². The lowest BCUT2D eigenvalue weighted by Crippen LogP contribution is -2.53. The highest BCUT2D eigenvalue weighted by Crippen LogP contribution is 2.64. The highest BCUT2D eigenvalue weighted by Gasteiger charge is 2.70. The van der Waals surface area contributed by atoms with E-state index in [0.717, 1.165) is 15.5 Å². The fraction of sp³-hybridized carbons (Fsp3) is 0.293. The molecule has 6 unspecified atom stereocenters. The molecule has 4 aromatic rings. The molecule has 3 fully saturated rings. The van der Waals surface area contributed by atoms with E-state index in [1.54, 1.807) is 75.4 Å². The molecule has 3 aromatic carbocycles. The number of alkyl halides is 3. The summed E-state index contributed by atoms with van der Waals surface area (Å²) >= 11 is 19.1. The number of pyridine rings is 1. The zero-order valence-electron chi connectivity index (χ0n) is 29.9. The number of hydrogen-bond donors (Lipinski definition) is 2. The van der Waals surface area contributed by atoms with Gasteiger partial charge in [-0.2, -0.15) is 18.2 Å². The van der Waals surface area contributed by atoms with E-state index in [-0.39, 0.29) is 24.4 Å². The first-order chi connectivity index (χ1) is 26.4. The number of phenols is 1. The van der Waals surface area contributed by atoms with Crippen molar-refractivity contribution in [3.8, 4) is 5.75 Å². The summed E-state index contributed by atoms with van der Waals surface area (Å²) in [5.41, 5.74) is 3.53. The molecule has 4 amide bonds. The molecule has 8 rings (SSSR count). The summed E-state index contributed by atoms with van der Waals surface area (Å²) in [6.45, 7) is 5.22. The first-order valence-electron chi connectivity index (χ1n) is 17.7. The van der Waals surface area contributed by atoms with Crippen LogP contribution in [-0.4, -0.2) is 38.7 Å². The predicted octanol–water partition coefficient (Wildman–Crippen LogP) is 8.88. The van der Waals surface area contributed by atoms with Gasteiger partial charge in [-0.15, -0.1) is 0 Å². The molecule has 0 spiro atoms. The second kappa shape index (κ2) is 13.3. The van der Waals surface area contributed by atoms with Crippen LogP contribution in [0.15, 0.2) is 78.5 Å². The van der Waals surface area contributed by atoms with Crippen LogP contribution in [0.2, 0.25) is 15.1 Å². The topological polar surface area (TPSA) is 120 Å². The van der Waals surface area contributed by atoms with E-state index in [2.05, 4.69) is 10.4 Å². The minimum absolute atomic E-state index is 0.0411. The van der Waals surface area contributed by atoms with E-state index in [4.69, 9.17) is 34.8 Å². The maximum atomic E-state index is 15.4. The number of aromatic hydroxyl groups is 1. The molecule has 2 aliphatic heterocycles. The third-order valence-corrected chi connectivity index (χ3v) is 12.8. The number of benzene rings is 3. The summed E-state index contributed by atoms with van der Waals surface area (Å²) < 4.78 is 40.5. The number of halogens is 6. The Morgan fingerprint density at radius 3 is 2.14 bits per heavy atom. The molecule has 4 aliphatic rings. The van der Waals surface area contributed by atoms with E-state index in [0.29, 0.717) is 55.8 Å².